The first-order valence-corrected chi connectivity index (χ1v) is 6.06. The predicted molar refractivity (Wildman–Crippen MR) is 64.8 cm³/mol. The number of nitrogens with zero attached hydrogens (tertiary/aromatic N) is 2. The van der Waals surface area contributed by atoms with Crippen molar-refractivity contribution in [1.82, 2.24) is 10.2 Å². The van der Waals surface area contributed by atoms with Crippen LogP contribution in [-0.4, -0.2) is 16.1 Å². The molecule has 1 aromatic rings. The third-order valence-electron chi connectivity index (χ3n) is 4.44. The molecule has 1 saturated carbocycles. The molecule has 0 unspecified atom stereocenters. The van der Waals surface area contributed by atoms with Crippen LogP contribution in [0, 0.1) is 18.3 Å². The molecule has 90 valence electrons. The van der Waals surface area contributed by atoms with Crippen LogP contribution >= 0.6 is 0 Å². The van der Waals surface area contributed by atoms with Gasteiger partial charge in [-0.15, -0.1) is 5.10 Å². The van der Waals surface area contributed by atoms with E-state index in [1.54, 1.807) is 0 Å². The Balaban J connectivity index is 2.00. The number of hydrogen-bond acceptors (Lipinski definition) is 3. The van der Waals surface area contributed by atoms with Gasteiger partial charge in [0.25, 0.3) is 0 Å². The zero-order chi connectivity index (χ0) is 12.4. The van der Waals surface area contributed by atoms with Gasteiger partial charge in [-0.3, -0.25) is 4.79 Å². The summed E-state index contributed by atoms with van der Waals surface area (Å²) in [7, 11) is 0. The summed E-state index contributed by atoms with van der Waals surface area (Å²) in [6.45, 7) is 8.11. The largest absolute Gasteiger partial charge is 0.309 e. The van der Waals surface area contributed by atoms with Gasteiger partial charge in [-0.05, 0) is 35.8 Å². The first-order chi connectivity index (χ1) is 7.93. The smallest absolute Gasteiger partial charge is 0.222 e. The number of nitrogens with one attached hydrogen (secondary N) is 1. The molecular formula is C13H17N3O. The number of aromatic nitrogens is 2. The second-order valence-electron chi connectivity index (χ2n) is 5.83. The molecule has 0 bridgehead atoms. The van der Waals surface area contributed by atoms with Gasteiger partial charge in [0.1, 0.15) is 0 Å². The van der Waals surface area contributed by atoms with E-state index in [2.05, 4.69) is 29.4 Å². The maximum atomic E-state index is 11.1. The summed E-state index contributed by atoms with van der Waals surface area (Å²) in [5.74, 6) is 1.83. The van der Waals surface area contributed by atoms with Gasteiger partial charge in [0.2, 0.25) is 5.91 Å². The Hall–Kier alpha value is -1.45. The van der Waals surface area contributed by atoms with Crippen LogP contribution in [0.25, 0.3) is 0 Å². The summed E-state index contributed by atoms with van der Waals surface area (Å²) in [5, 5.41) is 11.2. The Morgan fingerprint density at radius 2 is 2.12 bits per heavy atom. The van der Waals surface area contributed by atoms with E-state index in [9.17, 15) is 4.79 Å². The van der Waals surface area contributed by atoms with E-state index in [1.807, 2.05) is 6.92 Å². The fraction of sp³-hybridized carbons (Fsp3) is 0.615. The SMILES string of the molecule is CC(=O)Nc1nnc2c(c1C)C[C@@H]1[C@@H]2C1(C)C. The van der Waals surface area contributed by atoms with E-state index in [0.717, 1.165) is 23.6 Å². The molecule has 2 atom stereocenters. The van der Waals surface area contributed by atoms with Crippen LogP contribution in [-0.2, 0) is 11.2 Å². The van der Waals surface area contributed by atoms with Crippen molar-refractivity contribution in [3.05, 3.63) is 16.8 Å². The third kappa shape index (κ3) is 1.33. The lowest BCUT2D eigenvalue weighted by Gasteiger charge is -2.14. The summed E-state index contributed by atoms with van der Waals surface area (Å²) in [6.07, 6.45) is 1.08. The molecule has 1 heterocycles. The van der Waals surface area contributed by atoms with E-state index >= 15 is 0 Å². The minimum atomic E-state index is -0.0918. The van der Waals surface area contributed by atoms with Gasteiger partial charge in [0.05, 0.1) is 5.69 Å². The maximum absolute atomic E-state index is 11.1. The Kier molecular flexibility index (Phi) is 1.92. The van der Waals surface area contributed by atoms with Crippen LogP contribution in [0.2, 0.25) is 0 Å². The lowest BCUT2D eigenvalue weighted by Crippen LogP contribution is -2.13. The molecule has 0 aromatic carbocycles. The number of rotatable bonds is 1. The van der Waals surface area contributed by atoms with Gasteiger partial charge >= 0.3 is 0 Å². The molecule has 1 amide bonds. The molecule has 1 N–H and O–H groups in total. The van der Waals surface area contributed by atoms with E-state index in [0.29, 0.717) is 17.2 Å². The maximum Gasteiger partial charge on any atom is 0.222 e. The van der Waals surface area contributed by atoms with Crippen LogP contribution in [0.5, 0.6) is 0 Å². The number of hydrogen-bond donors (Lipinski definition) is 1. The number of fused-ring (bicyclic) bond motifs is 3. The summed E-state index contributed by atoms with van der Waals surface area (Å²) < 4.78 is 0. The van der Waals surface area contributed by atoms with Gasteiger partial charge < -0.3 is 5.32 Å². The Bertz CT molecular complexity index is 522. The lowest BCUT2D eigenvalue weighted by molar-refractivity contribution is -0.114. The molecule has 3 rings (SSSR count). The van der Waals surface area contributed by atoms with Gasteiger partial charge in [-0.1, -0.05) is 13.8 Å². The van der Waals surface area contributed by atoms with Gasteiger partial charge in [0, 0.05) is 12.8 Å². The lowest BCUT2D eigenvalue weighted by atomic mass is 9.96. The van der Waals surface area contributed by atoms with Crippen molar-refractivity contribution < 1.29 is 4.79 Å². The van der Waals surface area contributed by atoms with Crippen LogP contribution in [0.15, 0.2) is 0 Å². The van der Waals surface area contributed by atoms with Gasteiger partial charge in [0.15, 0.2) is 5.82 Å². The van der Waals surface area contributed by atoms with E-state index < -0.39 is 0 Å². The van der Waals surface area contributed by atoms with Crippen molar-refractivity contribution in [1.29, 1.82) is 0 Å². The molecular weight excluding hydrogens is 214 g/mol. The fourth-order valence-electron chi connectivity index (χ4n) is 3.26. The Morgan fingerprint density at radius 3 is 2.76 bits per heavy atom. The van der Waals surface area contributed by atoms with E-state index in [4.69, 9.17) is 0 Å². The Labute approximate surface area is 101 Å². The van der Waals surface area contributed by atoms with Crippen molar-refractivity contribution in [2.24, 2.45) is 11.3 Å². The number of anilines is 1. The Morgan fingerprint density at radius 1 is 1.41 bits per heavy atom. The molecule has 0 spiro atoms. The summed E-state index contributed by atoms with van der Waals surface area (Å²) in [4.78, 5) is 11.1. The summed E-state index contributed by atoms with van der Waals surface area (Å²) in [5.41, 5.74) is 3.95. The summed E-state index contributed by atoms with van der Waals surface area (Å²) >= 11 is 0. The average molecular weight is 231 g/mol. The first-order valence-electron chi connectivity index (χ1n) is 6.06. The normalized spacial score (nSPS) is 27.3. The first kappa shape index (κ1) is 10.7. The molecule has 2 aliphatic rings. The molecule has 4 nitrogen and oxygen atoms in total. The van der Waals surface area contributed by atoms with Gasteiger partial charge in [-0.2, -0.15) is 5.10 Å². The highest BCUT2D eigenvalue weighted by Gasteiger charge is 2.63. The minimum absolute atomic E-state index is 0.0918. The standard InChI is InChI=1S/C13H17N3O/c1-6-8-5-9-10(13(9,3)4)11(8)15-16-12(6)14-7(2)17/h9-10H,5H2,1-4H3,(H,14,16,17)/t9-,10+/m1/s1. The van der Waals surface area contributed by atoms with Crippen molar-refractivity contribution in [3.8, 4) is 0 Å². The van der Waals surface area contributed by atoms with Crippen molar-refractivity contribution in [3.63, 3.8) is 0 Å². The minimum Gasteiger partial charge on any atom is -0.309 e. The van der Waals surface area contributed by atoms with E-state index in [1.165, 1.54) is 12.5 Å². The predicted octanol–water partition coefficient (Wildman–Crippen LogP) is 2.04. The molecule has 2 aliphatic carbocycles. The fourth-order valence-corrected chi connectivity index (χ4v) is 3.26. The second-order valence-corrected chi connectivity index (χ2v) is 5.83. The topological polar surface area (TPSA) is 54.9 Å². The molecule has 1 aromatic heterocycles. The van der Waals surface area contributed by atoms with Crippen molar-refractivity contribution >= 4 is 11.7 Å². The monoisotopic (exact) mass is 231 g/mol. The van der Waals surface area contributed by atoms with E-state index in [-0.39, 0.29) is 5.91 Å². The number of carbonyl (C=O) groups excluding carboxylic acids is 1. The van der Waals surface area contributed by atoms with Crippen LogP contribution in [0.3, 0.4) is 0 Å². The third-order valence-corrected chi connectivity index (χ3v) is 4.44. The molecule has 17 heavy (non-hydrogen) atoms. The zero-order valence-electron chi connectivity index (χ0n) is 10.7. The van der Waals surface area contributed by atoms with Crippen LogP contribution in [0.1, 0.15) is 43.5 Å². The number of amides is 1. The highest BCUT2D eigenvalue weighted by molar-refractivity contribution is 5.88. The molecule has 0 aliphatic heterocycles. The highest BCUT2D eigenvalue weighted by Crippen LogP contribution is 2.69. The molecule has 1 fully saturated rings. The molecule has 0 radical (unpaired) electrons. The summed E-state index contributed by atoms with van der Waals surface area (Å²) in [6, 6.07) is 0. The van der Waals surface area contributed by atoms with Crippen LogP contribution in [0.4, 0.5) is 5.82 Å². The molecule has 0 saturated heterocycles. The average Bonchev–Trinajstić information content (AvgIpc) is 2.61. The van der Waals surface area contributed by atoms with Crippen molar-refractivity contribution in [2.45, 2.75) is 40.0 Å². The van der Waals surface area contributed by atoms with Gasteiger partial charge in [-0.25, -0.2) is 0 Å². The second kappa shape index (κ2) is 3.06. The zero-order valence-corrected chi connectivity index (χ0v) is 10.7. The quantitative estimate of drug-likeness (QED) is 0.804. The number of carbonyl (C=O) groups is 1. The van der Waals surface area contributed by atoms with Crippen LogP contribution < -0.4 is 5.32 Å². The highest BCUT2D eigenvalue weighted by atomic mass is 16.1. The van der Waals surface area contributed by atoms with Crippen molar-refractivity contribution in [2.75, 3.05) is 5.32 Å². The molecule has 4 heteroatoms.